The van der Waals surface area contributed by atoms with E-state index in [1.54, 1.807) is 30.3 Å². The fourth-order valence-corrected chi connectivity index (χ4v) is 4.47. The molecule has 8 nitrogen and oxygen atoms in total. The van der Waals surface area contributed by atoms with Crippen molar-refractivity contribution in [2.45, 2.75) is 24.3 Å². The second-order valence-electron chi connectivity index (χ2n) is 6.70. The maximum Gasteiger partial charge on any atom is 0.265 e. The van der Waals surface area contributed by atoms with Gasteiger partial charge >= 0.3 is 0 Å². The number of ether oxygens (including phenoxy) is 3. The molecule has 3 rings (SSSR count). The molecule has 9 heteroatoms. The second-order valence-corrected chi connectivity index (χ2v) is 8.63. The smallest absolute Gasteiger partial charge is 0.265 e. The summed E-state index contributed by atoms with van der Waals surface area (Å²) in [5.41, 5.74) is 0.489. The van der Waals surface area contributed by atoms with Crippen molar-refractivity contribution in [2.24, 2.45) is 0 Å². The molecule has 162 valence electrons. The predicted molar refractivity (Wildman–Crippen MR) is 112 cm³/mol. The van der Waals surface area contributed by atoms with Crippen molar-refractivity contribution in [3.63, 3.8) is 0 Å². The molecule has 1 aliphatic heterocycles. The van der Waals surface area contributed by atoms with E-state index in [0.717, 1.165) is 0 Å². The molecule has 1 amide bonds. The Bertz CT molecular complexity index is 956. The molecule has 2 aromatic carbocycles. The van der Waals surface area contributed by atoms with Crippen molar-refractivity contribution in [3.05, 3.63) is 48.5 Å². The number of methoxy groups -OCH3 is 1. The van der Waals surface area contributed by atoms with Crippen LogP contribution < -0.4 is 14.8 Å². The first-order chi connectivity index (χ1) is 14.5. The quantitative estimate of drug-likeness (QED) is 0.686. The van der Waals surface area contributed by atoms with Gasteiger partial charge in [-0.1, -0.05) is 19.1 Å². The van der Waals surface area contributed by atoms with Crippen molar-refractivity contribution < 1.29 is 27.4 Å². The van der Waals surface area contributed by atoms with E-state index in [1.807, 2.05) is 13.0 Å². The number of morpholine rings is 1. The zero-order chi connectivity index (χ0) is 21.6. The average Bonchev–Trinajstić information content (AvgIpc) is 2.78. The Morgan fingerprint density at radius 3 is 2.33 bits per heavy atom. The van der Waals surface area contributed by atoms with Gasteiger partial charge in [0.05, 0.1) is 25.2 Å². The molecular formula is C21H26N2O6S. The molecule has 0 unspecified atom stereocenters. The average molecular weight is 435 g/mol. The van der Waals surface area contributed by atoms with Crippen LogP contribution in [0.2, 0.25) is 0 Å². The van der Waals surface area contributed by atoms with Crippen molar-refractivity contribution in [2.75, 3.05) is 38.7 Å². The van der Waals surface area contributed by atoms with Gasteiger partial charge < -0.3 is 19.5 Å². The summed E-state index contributed by atoms with van der Waals surface area (Å²) in [5.74, 6) is 0.697. The van der Waals surface area contributed by atoms with Crippen LogP contribution >= 0.6 is 0 Å². The Hall–Kier alpha value is -2.62. The number of rotatable bonds is 8. The van der Waals surface area contributed by atoms with Gasteiger partial charge in [0.15, 0.2) is 17.6 Å². The lowest BCUT2D eigenvalue weighted by atomic mass is 10.2. The SMILES string of the molecule is CC[C@@H](Oc1ccccc1OC)C(=O)Nc1ccc(S(=O)(=O)N2CCOCC2)cc1. The first kappa shape index (κ1) is 22.1. The van der Waals surface area contributed by atoms with Crippen molar-refractivity contribution >= 4 is 21.6 Å². The number of sulfonamides is 1. The topological polar surface area (TPSA) is 94.2 Å². The van der Waals surface area contributed by atoms with Crippen molar-refractivity contribution in [1.29, 1.82) is 0 Å². The first-order valence-corrected chi connectivity index (χ1v) is 11.2. The molecule has 1 fully saturated rings. The lowest BCUT2D eigenvalue weighted by Crippen LogP contribution is -2.40. The maximum atomic E-state index is 12.7. The van der Waals surface area contributed by atoms with Crippen molar-refractivity contribution in [1.82, 2.24) is 4.31 Å². The van der Waals surface area contributed by atoms with E-state index in [-0.39, 0.29) is 10.8 Å². The highest BCUT2D eigenvalue weighted by Crippen LogP contribution is 2.27. The van der Waals surface area contributed by atoms with Gasteiger partial charge in [-0.25, -0.2) is 8.42 Å². The van der Waals surface area contributed by atoms with E-state index in [9.17, 15) is 13.2 Å². The highest BCUT2D eigenvalue weighted by atomic mass is 32.2. The highest BCUT2D eigenvalue weighted by molar-refractivity contribution is 7.89. The molecule has 0 aliphatic carbocycles. The van der Waals surface area contributed by atoms with Crippen LogP contribution in [0.25, 0.3) is 0 Å². The molecule has 0 radical (unpaired) electrons. The van der Waals surface area contributed by atoms with Crippen LogP contribution in [0.4, 0.5) is 5.69 Å². The molecule has 1 N–H and O–H groups in total. The van der Waals surface area contributed by atoms with Gasteiger partial charge in [0.25, 0.3) is 5.91 Å². The van der Waals surface area contributed by atoms with Crippen LogP contribution in [0.3, 0.4) is 0 Å². The maximum absolute atomic E-state index is 12.7. The molecule has 0 bridgehead atoms. The number of nitrogens with one attached hydrogen (secondary N) is 1. The molecule has 0 aromatic heterocycles. The predicted octanol–water partition coefficient (Wildman–Crippen LogP) is 2.51. The normalized spacial score (nSPS) is 15.9. The third-order valence-electron chi connectivity index (χ3n) is 4.73. The Morgan fingerprint density at radius 2 is 1.73 bits per heavy atom. The fourth-order valence-electron chi connectivity index (χ4n) is 3.06. The number of amides is 1. The number of anilines is 1. The minimum atomic E-state index is -3.57. The van der Waals surface area contributed by atoms with E-state index in [0.29, 0.717) is 49.9 Å². The van der Waals surface area contributed by atoms with E-state index in [1.165, 1.54) is 23.5 Å². The minimum absolute atomic E-state index is 0.180. The van der Waals surface area contributed by atoms with Crippen LogP contribution in [0.5, 0.6) is 11.5 Å². The van der Waals surface area contributed by atoms with Gasteiger partial charge in [0.2, 0.25) is 10.0 Å². The first-order valence-electron chi connectivity index (χ1n) is 9.74. The Labute approximate surface area is 176 Å². The number of nitrogens with zero attached hydrogens (tertiary/aromatic N) is 1. The standard InChI is InChI=1S/C21H26N2O6S/c1-3-18(29-20-7-5-4-6-19(20)27-2)21(24)22-16-8-10-17(11-9-16)30(25,26)23-12-14-28-15-13-23/h4-11,18H,3,12-15H2,1-2H3,(H,22,24)/t18-/m1/s1. The number of para-hydroxylation sites is 2. The van der Waals surface area contributed by atoms with E-state index in [4.69, 9.17) is 14.2 Å². The van der Waals surface area contributed by atoms with Gasteiger partial charge in [0, 0.05) is 18.8 Å². The third-order valence-corrected chi connectivity index (χ3v) is 6.64. The van der Waals surface area contributed by atoms with Crippen LogP contribution in [-0.4, -0.2) is 58.1 Å². The molecular weight excluding hydrogens is 408 g/mol. The van der Waals surface area contributed by atoms with Gasteiger partial charge in [-0.15, -0.1) is 0 Å². The molecule has 1 heterocycles. The molecule has 1 saturated heterocycles. The van der Waals surface area contributed by atoms with Gasteiger partial charge in [-0.05, 0) is 42.8 Å². The van der Waals surface area contributed by atoms with E-state index < -0.39 is 16.1 Å². The summed E-state index contributed by atoms with van der Waals surface area (Å²) in [4.78, 5) is 12.8. The lowest BCUT2D eigenvalue weighted by Gasteiger charge is -2.26. The number of hydrogen-bond donors (Lipinski definition) is 1. The minimum Gasteiger partial charge on any atom is -0.493 e. The zero-order valence-electron chi connectivity index (χ0n) is 17.0. The summed E-state index contributed by atoms with van der Waals surface area (Å²) < 4.78 is 43.1. The number of hydrogen-bond acceptors (Lipinski definition) is 6. The van der Waals surface area contributed by atoms with Gasteiger partial charge in [-0.3, -0.25) is 4.79 Å². The molecule has 2 aromatic rings. The van der Waals surface area contributed by atoms with Gasteiger partial charge in [-0.2, -0.15) is 4.31 Å². The third kappa shape index (κ3) is 5.10. The Balaban J connectivity index is 1.67. The summed E-state index contributed by atoms with van der Waals surface area (Å²) in [7, 11) is -2.04. The van der Waals surface area contributed by atoms with Crippen LogP contribution in [0, 0.1) is 0 Å². The summed E-state index contributed by atoms with van der Waals surface area (Å²) in [6.07, 6.45) is -0.272. The highest BCUT2D eigenvalue weighted by Gasteiger charge is 2.26. The summed E-state index contributed by atoms with van der Waals surface area (Å²) in [6.45, 7) is 3.28. The summed E-state index contributed by atoms with van der Waals surface area (Å²) in [6, 6.07) is 13.2. The van der Waals surface area contributed by atoms with Crippen LogP contribution in [-0.2, 0) is 19.6 Å². The zero-order valence-corrected chi connectivity index (χ0v) is 17.9. The summed E-state index contributed by atoms with van der Waals surface area (Å²) >= 11 is 0. The van der Waals surface area contributed by atoms with Gasteiger partial charge in [0.1, 0.15) is 0 Å². The summed E-state index contributed by atoms with van der Waals surface area (Å²) in [5, 5.41) is 2.78. The molecule has 1 aliphatic rings. The molecule has 30 heavy (non-hydrogen) atoms. The molecule has 0 saturated carbocycles. The van der Waals surface area contributed by atoms with E-state index in [2.05, 4.69) is 5.32 Å². The fraction of sp³-hybridized carbons (Fsp3) is 0.381. The molecule has 0 spiro atoms. The number of carbonyl (C=O) groups excluding carboxylic acids is 1. The largest absolute Gasteiger partial charge is 0.493 e. The van der Waals surface area contributed by atoms with Crippen LogP contribution in [0.1, 0.15) is 13.3 Å². The Kier molecular flexibility index (Phi) is 7.30. The molecule has 1 atom stereocenters. The Morgan fingerprint density at radius 1 is 1.10 bits per heavy atom. The second kappa shape index (κ2) is 9.92. The van der Waals surface area contributed by atoms with Crippen molar-refractivity contribution in [3.8, 4) is 11.5 Å². The monoisotopic (exact) mass is 434 g/mol. The number of carbonyl (C=O) groups is 1. The van der Waals surface area contributed by atoms with Crippen LogP contribution in [0.15, 0.2) is 53.4 Å². The van der Waals surface area contributed by atoms with E-state index >= 15 is 0 Å². The lowest BCUT2D eigenvalue weighted by molar-refractivity contribution is -0.122. The number of benzene rings is 2.